The highest BCUT2D eigenvalue weighted by Crippen LogP contribution is 2.23. The van der Waals surface area contributed by atoms with Crippen molar-refractivity contribution in [2.45, 2.75) is 49.5 Å². The minimum absolute atomic E-state index is 0.00756. The van der Waals surface area contributed by atoms with Crippen LogP contribution in [0, 0.1) is 0 Å². The van der Waals surface area contributed by atoms with Crippen LogP contribution in [0.25, 0.3) is 0 Å². The molecule has 0 unspecified atom stereocenters. The molecule has 0 heterocycles. The van der Waals surface area contributed by atoms with Gasteiger partial charge in [0.1, 0.15) is 11.3 Å². The Balaban J connectivity index is 1.95. The van der Waals surface area contributed by atoms with Gasteiger partial charge in [0.05, 0.1) is 19.1 Å². The Kier molecular flexibility index (Phi) is 7.86. The fraction of sp³-hybridized carbons (Fsp3) is 0.611. The van der Waals surface area contributed by atoms with Crippen LogP contribution >= 0.6 is 0 Å². The molecule has 0 saturated heterocycles. The maximum atomic E-state index is 12.5. The summed E-state index contributed by atoms with van der Waals surface area (Å²) in [5, 5.41) is 3.42. The highest BCUT2D eigenvalue weighted by molar-refractivity contribution is 7.89. The quantitative estimate of drug-likeness (QED) is 0.405. The Morgan fingerprint density at radius 1 is 1.12 bits per heavy atom. The lowest BCUT2D eigenvalue weighted by atomic mass is 10.1. The van der Waals surface area contributed by atoms with Crippen LogP contribution in [-0.2, 0) is 14.8 Å². The molecule has 1 aliphatic carbocycles. The fourth-order valence-electron chi connectivity index (χ4n) is 3.15. The first-order valence-electron chi connectivity index (χ1n) is 8.97. The topological polar surface area (TPSA) is 93.7 Å². The second-order valence-electron chi connectivity index (χ2n) is 6.39. The number of methoxy groups -OCH3 is 2. The highest BCUT2D eigenvalue weighted by Gasteiger charge is 2.20. The van der Waals surface area contributed by atoms with Crippen LogP contribution in [0.3, 0.4) is 0 Å². The summed E-state index contributed by atoms with van der Waals surface area (Å²) in [5.74, 6) is -0.375. The molecule has 0 spiro atoms. The molecule has 0 atom stereocenters. The molecule has 146 valence electrons. The number of carbonyl (C=O) groups excluding carboxylic acids is 1. The molecule has 2 rings (SSSR count). The summed E-state index contributed by atoms with van der Waals surface area (Å²) in [4.78, 5) is 11.8. The summed E-state index contributed by atoms with van der Waals surface area (Å²) in [6, 6.07) is 4.59. The van der Waals surface area contributed by atoms with Crippen LogP contribution in [-0.4, -0.2) is 47.7 Å². The zero-order valence-corrected chi connectivity index (χ0v) is 16.2. The Bertz CT molecular complexity index is 698. The summed E-state index contributed by atoms with van der Waals surface area (Å²) in [7, 11) is -1.07. The largest absolute Gasteiger partial charge is 0.496 e. The van der Waals surface area contributed by atoms with Gasteiger partial charge in [-0.3, -0.25) is 0 Å². The number of carbonyl (C=O) groups is 1. The van der Waals surface area contributed by atoms with Crippen LogP contribution in [0.5, 0.6) is 5.75 Å². The van der Waals surface area contributed by atoms with Crippen LogP contribution in [0.1, 0.15) is 48.9 Å². The van der Waals surface area contributed by atoms with E-state index >= 15 is 0 Å². The molecule has 1 aliphatic rings. The van der Waals surface area contributed by atoms with Crippen molar-refractivity contribution >= 4 is 16.0 Å². The molecule has 26 heavy (non-hydrogen) atoms. The van der Waals surface area contributed by atoms with E-state index in [-0.39, 0.29) is 16.2 Å². The van der Waals surface area contributed by atoms with Gasteiger partial charge in [-0.2, -0.15) is 0 Å². The van der Waals surface area contributed by atoms with Gasteiger partial charge < -0.3 is 14.8 Å². The molecule has 0 amide bonds. The van der Waals surface area contributed by atoms with E-state index in [0.29, 0.717) is 19.1 Å². The summed E-state index contributed by atoms with van der Waals surface area (Å²) < 4.78 is 37.3. The standard InChI is InChI=1S/C18H28N2O5S/c1-24-17-10-9-15(13-16(17)18(21)25-2)26(22,23)20-12-11-19-14-7-5-3-4-6-8-14/h9-10,13-14,19-20H,3-8,11-12H2,1-2H3. The first-order valence-corrected chi connectivity index (χ1v) is 10.5. The van der Waals surface area contributed by atoms with Crippen molar-refractivity contribution in [1.82, 2.24) is 10.0 Å². The molecule has 0 aromatic heterocycles. The van der Waals surface area contributed by atoms with Crippen LogP contribution in [0.2, 0.25) is 0 Å². The maximum absolute atomic E-state index is 12.5. The lowest BCUT2D eigenvalue weighted by Gasteiger charge is -2.16. The summed E-state index contributed by atoms with van der Waals surface area (Å²) in [6.45, 7) is 0.863. The minimum Gasteiger partial charge on any atom is -0.496 e. The summed E-state index contributed by atoms with van der Waals surface area (Å²) in [5.41, 5.74) is 0.0782. The van der Waals surface area contributed by atoms with Crippen LogP contribution < -0.4 is 14.8 Å². The van der Waals surface area contributed by atoms with Crippen molar-refractivity contribution in [2.24, 2.45) is 0 Å². The molecule has 0 bridgehead atoms. The summed E-state index contributed by atoms with van der Waals surface area (Å²) >= 11 is 0. The fourth-order valence-corrected chi connectivity index (χ4v) is 4.21. The molecule has 0 radical (unpaired) electrons. The Hall–Kier alpha value is -1.64. The SMILES string of the molecule is COC(=O)c1cc(S(=O)(=O)NCCNC2CCCCCC2)ccc1OC. The van der Waals surface area contributed by atoms with Gasteiger partial charge in [0.15, 0.2) is 0 Å². The van der Waals surface area contributed by atoms with Gasteiger partial charge in [-0.15, -0.1) is 0 Å². The first-order chi connectivity index (χ1) is 12.5. The molecule has 1 aromatic carbocycles. The number of sulfonamides is 1. The molecule has 1 aromatic rings. The second kappa shape index (κ2) is 9.89. The number of ether oxygens (including phenoxy) is 2. The Morgan fingerprint density at radius 2 is 1.81 bits per heavy atom. The number of esters is 1. The number of rotatable bonds is 8. The molecule has 1 fully saturated rings. The lowest BCUT2D eigenvalue weighted by molar-refractivity contribution is 0.0597. The van der Waals surface area contributed by atoms with Gasteiger partial charge in [-0.05, 0) is 31.0 Å². The van der Waals surface area contributed by atoms with Crippen molar-refractivity contribution in [3.8, 4) is 5.75 Å². The van der Waals surface area contributed by atoms with Gasteiger partial charge in [0.25, 0.3) is 0 Å². The van der Waals surface area contributed by atoms with Crippen molar-refractivity contribution in [3.05, 3.63) is 23.8 Å². The number of nitrogens with one attached hydrogen (secondary N) is 2. The normalized spacial score (nSPS) is 16.1. The van der Waals surface area contributed by atoms with Crippen LogP contribution in [0.15, 0.2) is 23.1 Å². The lowest BCUT2D eigenvalue weighted by Crippen LogP contribution is -2.36. The molecule has 2 N–H and O–H groups in total. The van der Waals surface area contributed by atoms with Gasteiger partial charge >= 0.3 is 5.97 Å². The van der Waals surface area contributed by atoms with Crippen molar-refractivity contribution in [2.75, 3.05) is 27.3 Å². The third kappa shape index (κ3) is 5.69. The molecule has 0 aliphatic heterocycles. The second-order valence-corrected chi connectivity index (χ2v) is 8.16. The number of hydrogen-bond donors (Lipinski definition) is 2. The monoisotopic (exact) mass is 384 g/mol. The van der Waals surface area contributed by atoms with Crippen LogP contribution in [0.4, 0.5) is 0 Å². The zero-order valence-electron chi connectivity index (χ0n) is 15.4. The number of benzene rings is 1. The van der Waals surface area contributed by atoms with E-state index in [0.717, 1.165) is 12.8 Å². The number of hydrogen-bond acceptors (Lipinski definition) is 6. The predicted octanol–water partition coefficient (Wildman–Crippen LogP) is 2.07. The molecular weight excluding hydrogens is 356 g/mol. The van der Waals surface area contributed by atoms with E-state index in [9.17, 15) is 13.2 Å². The van der Waals surface area contributed by atoms with Crippen molar-refractivity contribution in [3.63, 3.8) is 0 Å². The average Bonchev–Trinajstić information content (AvgIpc) is 2.93. The minimum atomic E-state index is -3.71. The molecule has 1 saturated carbocycles. The average molecular weight is 384 g/mol. The zero-order chi connectivity index (χ0) is 19.0. The first kappa shape index (κ1) is 20.7. The van der Waals surface area contributed by atoms with E-state index < -0.39 is 16.0 Å². The third-order valence-electron chi connectivity index (χ3n) is 4.59. The molecule has 8 heteroatoms. The molecule has 7 nitrogen and oxygen atoms in total. The maximum Gasteiger partial charge on any atom is 0.341 e. The summed E-state index contributed by atoms with van der Waals surface area (Å²) in [6.07, 6.45) is 7.31. The predicted molar refractivity (Wildman–Crippen MR) is 99.0 cm³/mol. The van der Waals surface area contributed by atoms with E-state index in [4.69, 9.17) is 4.74 Å². The van der Waals surface area contributed by atoms with E-state index in [1.54, 1.807) is 0 Å². The highest BCUT2D eigenvalue weighted by atomic mass is 32.2. The molecular formula is C18H28N2O5S. The Labute approximate surface area is 155 Å². The van der Waals surface area contributed by atoms with E-state index in [1.807, 2.05) is 0 Å². The van der Waals surface area contributed by atoms with E-state index in [1.165, 1.54) is 58.1 Å². The van der Waals surface area contributed by atoms with Gasteiger partial charge in [-0.1, -0.05) is 25.7 Å². The van der Waals surface area contributed by atoms with Crippen molar-refractivity contribution in [1.29, 1.82) is 0 Å². The Morgan fingerprint density at radius 3 is 2.42 bits per heavy atom. The van der Waals surface area contributed by atoms with Gasteiger partial charge in [-0.25, -0.2) is 17.9 Å². The van der Waals surface area contributed by atoms with E-state index in [2.05, 4.69) is 14.8 Å². The van der Waals surface area contributed by atoms with Gasteiger partial charge in [0.2, 0.25) is 10.0 Å². The third-order valence-corrected chi connectivity index (χ3v) is 6.05. The van der Waals surface area contributed by atoms with Crippen molar-refractivity contribution < 1.29 is 22.7 Å². The van der Waals surface area contributed by atoms with Gasteiger partial charge in [0, 0.05) is 19.1 Å². The smallest absolute Gasteiger partial charge is 0.341 e.